The van der Waals surface area contributed by atoms with Crippen LogP contribution in [0.1, 0.15) is 23.6 Å². The van der Waals surface area contributed by atoms with E-state index in [9.17, 15) is 0 Å². The molecule has 0 bridgehead atoms. The van der Waals surface area contributed by atoms with E-state index in [0.29, 0.717) is 5.15 Å². The topological polar surface area (TPSA) is 38.9 Å². The number of aryl methyl sites for hydroxylation is 1. The molecule has 2 aromatic rings. The predicted octanol–water partition coefficient (Wildman–Crippen LogP) is 2.83. The van der Waals surface area contributed by atoms with E-state index in [-0.39, 0.29) is 6.04 Å². The molecule has 3 rings (SSSR count). The van der Waals surface area contributed by atoms with E-state index in [2.05, 4.69) is 17.1 Å². The van der Waals surface area contributed by atoms with Gasteiger partial charge in [-0.1, -0.05) is 23.7 Å². The van der Waals surface area contributed by atoms with Crippen LogP contribution in [0.2, 0.25) is 5.15 Å². The van der Waals surface area contributed by atoms with Crippen LogP contribution >= 0.6 is 11.6 Å². The Hall–Kier alpha value is -1.12. The van der Waals surface area contributed by atoms with Gasteiger partial charge in [-0.3, -0.25) is 0 Å². The molecule has 2 nitrogen and oxygen atoms in total. The van der Waals surface area contributed by atoms with Crippen LogP contribution in [0.3, 0.4) is 0 Å². The molecular weight excluding hydrogens is 208 g/mol. The van der Waals surface area contributed by atoms with Crippen LogP contribution in [0.25, 0.3) is 10.8 Å². The molecule has 1 aromatic carbocycles. The van der Waals surface area contributed by atoms with Crippen molar-refractivity contribution in [2.45, 2.75) is 18.9 Å². The second kappa shape index (κ2) is 3.19. The molecule has 1 atom stereocenters. The maximum absolute atomic E-state index is 6.02. The summed E-state index contributed by atoms with van der Waals surface area (Å²) >= 11 is 5.86. The number of rotatable bonds is 0. The minimum Gasteiger partial charge on any atom is -0.324 e. The maximum atomic E-state index is 6.02. The Labute approximate surface area is 93.1 Å². The molecule has 0 amide bonds. The van der Waals surface area contributed by atoms with E-state index in [1.165, 1.54) is 16.5 Å². The number of hydrogen-bond acceptors (Lipinski definition) is 2. The van der Waals surface area contributed by atoms with E-state index in [4.69, 9.17) is 17.3 Å². The normalized spacial score (nSPS) is 19.5. The van der Waals surface area contributed by atoms with Crippen molar-refractivity contribution in [3.05, 3.63) is 40.7 Å². The SMILES string of the molecule is NC1CCc2c1ccc1cc(Cl)ncc21. The highest BCUT2D eigenvalue weighted by Crippen LogP contribution is 2.34. The van der Waals surface area contributed by atoms with Crippen LogP contribution in [0.15, 0.2) is 24.4 Å². The molecule has 76 valence electrons. The maximum Gasteiger partial charge on any atom is 0.129 e. The van der Waals surface area contributed by atoms with Gasteiger partial charge in [-0.15, -0.1) is 0 Å². The molecule has 0 saturated heterocycles. The Morgan fingerprint density at radius 1 is 1.40 bits per heavy atom. The number of aromatic nitrogens is 1. The first-order chi connectivity index (χ1) is 7.25. The fourth-order valence-electron chi connectivity index (χ4n) is 2.35. The summed E-state index contributed by atoms with van der Waals surface area (Å²) in [7, 11) is 0. The van der Waals surface area contributed by atoms with E-state index >= 15 is 0 Å². The number of nitrogens with two attached hydrogens (primary N) is 1. The van der Waals surface area contributed by atoms with Gasteiger partial charge in [0.05, 0.1) is 0 Å². The van der Waals surface area contributed by atoms with Crippen molar-refractivity contribution < 1.29 is 0 Å². The third-order valence-corrected chi connectivity index (χ3v) is 3.33. The Morgan fingerprint density at radius 3 is 3.13 bits per heavy atom. The molecule has 1 aromatic heterocycles. The van der Waals surface area contributed by atoms with Crippen LogP contribution in [0.4, 0.5) is 0 Å². The number of fused-ring (bicyclic) bond motifs is 3. The standard InChI is InChI=1S/C12H11ClN2/c13-12-5-7-1-2-9-8(3-4-11(9)14)10(7)6-15-12/h1-2,5-6,11H,3-4,14H2. The summed E-state index contributed by atoms with van der Waals surface area (Å²) in [6, 6.07) is 6.29. The molecule has 1 aliphatic carbocycles. The molecule has 0 spiro atoms. The molecule has 3 heteroatoms. The fraction of sp³-hybridized carbons (Fsp3) is 0.250. The summed E-state index contributed by atoms with van der Waals surface area (Å²) in [5.74, 6) is 0. The number of hydrogen-bond donors (Lipinski definition) is 1. The van der Waals surface area contributed by atoms with Crippen molar-refractivity contribution in [1.82, 2.24) is 4.98 Å². The smallest absolute Gasteiger partial charge is 0.129 e. The third-order valence-electron chi connectivity index (χ3n) is 3.12. The second-order valence-electron chi connectivity index (χ2n) is 4.01. The molecular formula is C12H11ClN2. The van der Waals surface area contributed by atoms with Crippen molar-refractivity contribution in [3.63, 3.8) is 0 Å². The largest absolute Gasteiger partial charge is 0.324 e. The van der Waals surface area contributed by atoms with Gasteiger partial charge in [0.1, 0.15) is 5.15 Å². The van der Waals surface area contributed by atoms with Gasteiger partial charge >= 0.3 is 0 Å². The molecule has 1 aliphatic rings. The van der Waals surface area contributed by atoms with Crippen LogP contribution < -0.4 is 5.73 Å². The van der Waals surface area contributed by atoms with E-state index in [1.54, 1.807) is 0 Å². The van der Waals surface area contributed by atoms with Crippen LogP contribution in [-0.4, -0.2) is 4.98 Å². The third kappa shape index (κ3) is 1.33. The quantitative estimate of drug-likeness (QED) is 0.691. The Bertz CT molecular complexity index is 536. The van der Waals surface area contributed by atoms with Gasteiger partial charge in [0, 0.05) is 17.6 Å². The average Bonchev–Trinajstić information content (AvgIpc) is 2.60. The van der Waals surface area contributed by atoms with Gasteiger partial charge in [-0.25, -0.2) is 4.98 Å². The zero-order chi connectivity index (χ0) is 10.4. The fourth-order valence-corrected chi connectivity index (χ4v) is 2.52. The van der Waals surface area contributed by atoms with Crippen LogP contribution in [-0.2, 0) is 6.42 Å². The zero-order valence-corrected chi connectivity index (χ0v) is 8.96. The highest BCUT2D eigenvalue weighted by atomic mass is 35.5. The molecule has 0 saturated carbocycles. The lowest BCUT2D eigenvalue weighted by Crippen LogP contribution is -2.04. The lowest BCUT2D eigenvalue weighted by molar-refractivity contribution is 0.713. The predicted molar refractivity (Wildman–Crippen MR) is 62.0 cm³/mol. The molecule has 0 radical (unpaired) electrons. The number of halogens is 1. The Balaban J connectivity index is 2.35. The summed E-state index contributed by atoms with van der Waals surface area (Å²) in [6.45, 7) is 0. The summed E-state index contributed by atoms with van der Waals surface area (Å²) in [5.41, 5.74) is 8.64. The van der Waals surface area contributed by atoms with Crippen molar-refractivity contribution in [3.8, 4) is 0 Å². The summed E-state index contributed by atoms with van der Waals surface area (Å²) in [4.78, 5) is 4.13. The minimum absolute atomic E-state index is 0.195. The first-order valence-corrected chi connectivity index (χ1v) is 5.46. The number of nitrogens with zero attached hydrogens (tertiary/aromatic N) is 1. The van der Waals surface area contributed by atoms with Crippen molar-refractivity contribution >= 4 is 22.4 Å². The second-order valence-corrected chi connectivity index (χ2v) is 4.39. The summed E-state index contributed by atoms with van der Waals surface area (Å²) in [6.07, 6.45) is 3.95. The monoisotopic (exact) mass is 218 g/mol. The van der Waals surface area contributed by atoms with Crippen molar-refractivity contribution in [2.24, 2.45) is 5.73 Å². The number of benzene rings is 1. The lowest BCUT2D eigenvalue weighted by Gasteiger charge is -2.07. The van der Waals surface area contributed by atoms with Crippen LogP contribution in [0.5, 0.6) is 0 Å². The Morgan fingerprint density at radius 2 is 2.27 bits per heavy atom. The van der Waals surface area contributed by atoms with Gasteiger partial charge in [0.15, 0.2) is 0 Å². The van der Waals surface area contributed by atoms with Gasteiger partial charge in [-0.05, 0) is 35.4 Å². The molecule has 0 aliphatic heterocycles. The lowest BCUT2D eigenvalue weighted by atomic mass is 10.0. The Kier molecular flexibility index (Phi) is 1.94. The van der Waals surface area contributed by atoms with Gasteiger partial charge < -0.3 is 5.73 Å². The van der Waals surface area contributed by atoms with Gasteiger partial charge in [0.2, 0.25) is 0 Å². The molecule has 1 unspecified atom stereocenters. The highest BCUT2D eigenvalue weighted by Gasteiger charge is 2.20. The zero-order valence-electron chi connectivity index (χ0n) is 8.20. The average molecular weight is 219 g/mol. The molecule has 0 fully saturated rings. The van der Waals surface area contributed by atoms with E-state index < -0.39 is 0 Å². The first-order valence-electron chi connectivity index (χ1n) is 5.08. The molecule has 2 N–H and O–H groups in total. The van der Waals surface area contributed by atoms with Gasteiger partial charge in [-0.2, -0.15) is 0 Å². The minimum atomic E-state index is 0.195. The summed E-state index contributed by atoms with van der Waals surface area (Å²) in [5, 5.41) is 2.90. The van der Waals surface area contributed by atoms with Gasteiger partial charge in [0.25, 0.3) is 0 Å². The van der Waals surface area contributed by atoms with E-state index in [1.807, 2.05) is 12.3 Å². The van der Waals surface area contributed by atoms with Crippen molar-refractivity contribution in [1.29, 1.82) is 0 Å². The van der Waals surface area contributed by atoms with Crippen molar-refractivity contribution in [2.75, 3.05) is 0 Å². The summed E-state index contributed by atoms with van der Waals surface area (Å²) < 4.78 is 0. The number of pyridine rings is 1. The van der Waals surface area contributed by atoms with Crippen LogP contribution in [0, 0.1) is 0 Å². The highest BCUT2D eigenvalue weighted by molar-refractivity contribution is 6.30. The molecule has 1 heterocycles. The van der Waals surface area contributed by atoms with E-state index in [0.717, 1.165) is 18.2 Å². The molecule has 15 heavy (non-hydrogen) atoms. The first kappa shape index (κ1) is 9.13.